The fraction of sp³-hybridized carbons (Fsp3) is 0.615. The summed E-state index contributed by atoms with van der Waals surface area (Å²) in [4.78, 5) is 6.38. The molecule has 2 rings (SSSR count). The molecule has 1 aliphatic rings. The Morgan fingerprint density at radius 1 is 1.45 bits per heavy atom. The number of hydrogen-bond acceptors (Lipinski definition) is 5. The highest BCUT2D eigenvalue weighted by molar-refractivity contribution is 7.89. The third-order valence-corrected chi connectivity index (χ3v) is 5.55. The molecule has 0 bridgehead atoms. The van der Waals surface area contributed by atoms with Gasteiger partial charge in [0, 0.05) is 44.6 Å². The lowest BCUT2D eigenvalue weighted by Crippen LogP contribution is -2.52. The van der Waals surface area contributed by atoms with Gasteiger partial charge in [-0.25, -0.2) is 8.42 Å². The van der Waals surface area contributed by atoms with Gasteiger partial charge >= 0.3 is 0 Å². The van der Waals surface area contributed by atoms with Crippen molar-refractivity contribution in [3.63, 3.8) is 0 Å². The molecule has 1 unspecified atom stereocenters. The highest BCUT2D eigenvalue weighted by Gasteiger charge is 2.34. The zero-order valence-electron chi connectivity index (χ0n) is 12.2. The Labute approximate surface area is 120 Å². The minimum atomic E-state index is -3.51. The topological polar surface area (TPSA) is 65.5 Å². The Morgan fingerprint density at radius 3 is 2.85 bits per heavy atom. The zero-order chi connectivity index (χ0) is 14.8. The maximum atomic E-state index is 12.8. The normalized spacial score (nSPS) is 21.9. The molecule has 1 aromatic rings. The van der Waals surface area contributed by atoms with Crippen molar-refractivity contribution in [1.29, 1.82) is 0 Å². The molecule has 0 saturated carbocycles. The number of sulfonamides is 1. The summed E-state index contributed by atoms with van der Waals surface area (Å²) in [5.74, 6) is 0. The molecule has 0 aromatic carbocycles. The van der Waals surface area contributed by atoms with Crippen LogP contribution in [-0.4, -0.2) is 61.9 Å². The molecule has 7 heteroatoms. The Kier molecular flexibility index (Phi) is 4.62. The van der Waals surface area contributed by atoms with Crippen LogP contribution in [0.1, 0.15) is 13.8 Å². The van der Waals surface area contributed by atoms with Crippen LogP contribution in [0.4, 0.5) is 5.69 Å². The summed E-state index contributed by atoms with van der Waals surface area (Å²) in [6.07, 6.45) is 3.03. The van der Waals surface area contributed by atoms with Crippen molar-refractivity contribution in [2.24, 2.45) is 0 Å². The molecule has 2 heterocycles. The van der Waals surface area contributed by atoms with E-state index in [2.05, 4.69) is 15.2 Å². The number of nitrogens with one attached hydrogen (secondary N) is 1. The van der Waals surface area contributed by atoms with E-state index in [1.54, 1.807) is 16.6 Å². The van der Waals surface area contributed by atoms with Gasteiger partial charge in [0.25, 0.3) is 0 Å². The molecule has 1 saturated heterocycles. The maximum absolute atomic E-state index is 12.8. The summed E-state index contributed by atoms with van der Waals surface area (Å²) in [5.41, 5.74) is 0.619. The molecule has 1 atom stereocenters. The second-order valence-electron chi connectivity index (χ2n) is 5.13. The number of aromatic nitrogens is 1. The van der Waals surface area contributed by atoms with E-state index in [1.807, 2.05) is 20.9 Å². The molecule has 0 spiro atoms. The van der Waals surface area contributed by atoms with E-state index in [9.17, 15) is 8.42 Å². The van der Waals surface area contributed by atoms with Crippen LogP contribution in [0.5, 0.6) is 0 Å². The van der Waals surface area contributed by atoms with Gasteiger partial charge in [-0.05, 0) is 27.0 Å². The van der Waals surface area contributed by atoms with E-state index in [4.69, 9.17) is 0 Å². The van der Waals surface area contributed by atoms with E-state index in [0.717, 1.165) is 13.1 Å². The van der Waals surface area contributed by atoms with Crippen LogP contribution in [0.2, 0.25) is 0 Å². The standard InChI is InChI=1S/C13H22N4O2S/c1-4-15-12-5-6-14-9-13(12)20(18,19)17-8-7-16(3)10-11(17)2/h5-6,9,11H,4,7-8,10H2,1-3H3,(H,14,15). The average molecular weight is 298 g/mol. The molecule has 6 nitrogen and oxygen atoms in total. The number of anilines is 1. The first kappa shape index (κ1) is 15.2. The van der Waals surface area contributed by atoms with E-state index < -0.39 is 10.0 Å². The minimum Gasteiger partial charge on any atom is -0.384 e. The molecule has 20 heavy (non-hydrogen) atoms. The van der Waals surface area contributed by atoms with Crippen LogP contribution in [0.15, 0.2) is 23.4 Å². The van der Waals surface area contributed by atoms with Crippen molar-refractivity contribution in [1.82, 2.24) is 14.2 Å². The average Bonchev–Trinajstić information content (AvgIpc) is 2.39. The summed E-state index contributed by atoms with van der Waals surface area (Å²) in [6.45, 7) is 6.56. The molecule has 1 fully saturated rings. The van der Waals surface area contributed by atoms with Gasteiger partial charge in [-0.15, -0.1) is 0 Å². The molecular formula is C13H22N4O2S. The van der Waals surface area contributed by atoms with Crippen molar-refractivity contribution in [3.05, 3.63) is 18.5 Å². The van der Waals surface area contributed by atoms with Crippen LogP contribution in [0.25, 0.3) is 0 Å². The first-order valence-corrected chi connectivity index (χ1v) is 8.29. The summed E-state index contributed by atoms with van der Waals surface area (Å²) in [6, 6.07) is 1.67. The fourth-order valence-electron chi connectivity index (χ4n) is 2.53. The summed E-state index contributed by atoms with van der Waals surface area (Å²) in [7, 11) is -1.50. The predicted molar refractivity (Wildman–Crippen MR) is 79.3 cm³/mol. The van der Waals surface area contributed by atoms with Gasteiger partial charge in [0.15, 0.2) is 0 Å². The Morgan fingerprint density at radius 2 is 2.20 bits per heavy atom. The molecule has 1 N–H and O–H groups in total. The summed E-state index contributed by atoms with van der Waals surface area (Å²) >= 11 is 0. The summed E-state index contributed by atoms with van der Waals surface area (Å²) in [5, 5.41) is 3.09. The number of likely N-dealkylation sites (N-methyl/N-ethyl adjacent to an activating group) is 1. The molecular weight excluding hydrogens is 276 g/mol. The van der Waals surface area contributed by atoms with E-state index in [0.29, 0.717) is 18.8 Å². The highest BCUT2D eigenvalue weighted by Crippen LogP contribution is 2.26. The maximum Gasteiger partial charge on any atom is 0.247 e. The largest absolute Gasteiger partial charge is 0.384 e. The van der Waals surface area contributed by atoms with Crippen LogP contribution in [0, 0.1) is 0 Å². The van der Waals surface area contributed by atoms with Gasteiger partial charge in [-0.2, -0.15) is 4.31 Å². The number of nitrogens with zero attached hydrogens (tertiary/aromatic N) is 3. The van der Waals surface area contributed by atoms with Gasteiger partial charge in [0.2, 0.25) is 10.0 Å². The highest BCUT2D eigenvalue weighted by atomic mass is 32.2. The Balaban J connectivity index is 2.35. The molecule has 0 radical (unpaired) electrons. The number of piperazine rings is 1. The monoisotopic (exact) mass is 298 g/mol. The van der Waals surface area contributed by atoms with E-state index >= 15 is 0 Å². The third-order valence-electron chi connectivity index (χ3n) is 3.51. The first-order valence-electron chi connectivity index (χ1n) is 6.85. The predicted octanol–water partition coefficient (Wildman–Crippen LogP) is 0.838. The molecule has 1 aromatic heterocycles. The smallest absolute Gasteiger partial charge is 0.247 e. The second kappa shape index (κ2) is 6.07. The third kappa shape index (κ3) is 2.94. The number of pyridine rings is 1. The van der Waals surface area contributed by atoms with Gasteiger partial charge in [-0.1, -0.05) is 0 Å². The van der Waals surface area contributed by atoms with Gasteiger partial charge < -0.3 is 10.2 Å². The first-order chi connectivity index (χ1) is 9.46. The van der Waals surface area contributed by atoms with Crippen molar-refractivity contribution < 1.29 is 8.42 Å². The lowest BCUT2D eigenvalue weighted by molar-refractivity contribution is 0.170. The van der Waals surface area contributed by atoms with E-state index in [1.165, 1.54) is 6.20 Å². The molecule has 112 valence electrons. The number of hydrogen-bond donors (Lipinski definition) is 1. The van der Waals surface area contributed by atoms with Crippen molar-refractivity contribution in [2.75, 3.05) is 38.5 Å². The lowest BCUT2D eigenvalue weighted by atomic mass is 10.2. The van der Waals surface area contributed by atoms with Gasteiger partial charge in [-0.3, -0.25) is 4.98 Å². The zero-order valence-corrected chi connectivity index (χ0v) is 13.0. The minimum absolute atomic E-state index is 0.0339. The van der Waals surface area contributed by atoms with Crippen molar-refractivity contribution in [3.8, 4) is 0 Å². The van der Waals surface area contributed by atoms with E-state index in [-0.39, 0.29) is 10.9 Å². The molecule has 1 aliphatic heterocycles. The fourth-order valence-corrected chi connectivity index (χ4v) is 4.26. The van der Waals surface area contributed by atoms with Crippen molar-refractivity contribution in [2.45, 2.75) is 24.8 Å². The SMILES string of the molecule is CCNc1ccncc1S(=O)(=O)N1CCN(C)CC1C. The second-order valence-corrected chi connectivity index (χ2v) is 6.99. The van der Waals surface area contributed by atoms with Gasteiger partial charge in [0.1, 0.15) is 4.90 Å². The summed E-state index contributed by atoms with van der Waals surface area (Å²) < 4.78 is 27.2. The Bertz CT molecular complexity index is 561. The van der Waals surface area contributed by atoms with Crippen molar-refractivity contribution >= 4 is 15.7 Å². The van der Waals surface area contributed by atoms with Crippen LogP contribution in [-0.2, 0) is 10.0 Å². The molecule has 0 aliphatic carbocycles. The van der Waals surface area contributed by atoms with Crippen LogP contribution >= 0.6 is 0 Å². The molecule has 0 amide bonds. The quantitative estimate of drug-likeness (QED) is 0.892. The van der Waals surface area contributed by atoms with Crippen LogP contribution < -0.4 is 5.32 Å². The van der Waals surface area contributed by atoms with Gasteiger partial charge in [0.05, 0.1) is 5.69 Å². The Hall–Kier alpha value is -1.18. The van der Waals surface area contributed by atoms with Crippen LogP contribution in [0.3, 0.4) is 0 Å². The lowest BCUT2D eigenvalue weighted by Gasteiger charge is -2.37. The number of rotatable bonds is 4.